The Labute approximate surface area is 104 Å². The molecule has 1 aromatic heterocycles. The lowest BCUT2D eigenvalue weighted by atomic mass is 10.4. The number of hydrogen-bond donors (Lipinski definition) is 1. The zero-order valence-electron chi connectivity index (χ0n) is 11.8. The van der Waals surface area contributed by atoms with Crippen LogP contribution in [0.25, 0.3) is 12.2 Å². The molecule has 0 amide bonds. The molecule has 96 valence electrons. The van der Waals surface area contributed by atoms with Crippen molar-refractivity contribution in [2.24, 2.45) is 0 Å². The van der Waals surface area contributed by atoms with Crippen molar-refractivity contribution in [1.82, 2.24) is 9.97 Å². The summed E-state index contributed by atoms with van der Waals surface area (Å²) >= 11 is 0. The average Bonchev–Trinajstić information content (AvgIpc) is 2.38. The molecule has 0 aliphatic rings. The molecule has 0 bridgehead atoms. The van der Waals surface area contributed by atoms with Crippen molar-refractivity contribution in [1.29, 1.82) is 0 Å². The van der Waals surface area contributed by atoms with Crippen LogP contribution in [-0.2, 0) is 0 Å². The monoisotopic (exact) mass is 236 g/mol. The van der Waals surface area contributed by atoms with Gasteiger partial charge in [0.1, 0.15) is 5.69 Å². The van der Waals surface area contributed by atoms with E-state index in [1.54, 1.807) is 19.1 Å². The standard InChI is InChI=1S/C10H12N2O.2C2H6/c1-4-6-9-8(5-2)12-10(13)7(3)11-9;2*1-2/h4-6H,1H2,2-3H3,(H,12,13);2*1-2H3/b8-5+,9-6+;;. The molecule has 1 aromatic rings. The molecule has 0 spiro atoms. The molecule has 0 fully saturated rings. The zero-order valence-corrected chi connectivity index (χ0v) is 11.8. The lowest BCUT2D eigenvalue weighted by Crippen LogP contribution is -2.38. The van der Waals surface area contributed by atoms with Gasteiger partial charge >= 0.3 is 0 Å². The van der Waals surface area contributed by atoms with Gasteiger partial charge in [-0.15, -0.1) is 0 Å². The minimum absolute atomic E-state index is 0.144. The van der Waals surface area contributed by atoms with E-state index >= 15 is 0 Å². The van der Waals surface area contributed by atoms with Crippen LogP contribution in [0.1, 0.15) is 40.3 Å². The van der Waals surface area contributed by atoms with Gasteiger partial charge in [0.25, 0.3) is 5.56 Å². The second-order valence-corrected chi connectivity index (χ2v) is 2.64. The van der Waals surface area contributed by atoms with Gasteiger partial charge in [0.2, 0.25) is 0 Å². The molecule has 1 heterocycles. The van der Waals surface area contributed by atoms with E-state index in [0.29, 0.717) is 5.69 Å². The number of hydrogen-bond acceptors (Lipinski definition) is 2. The van der Waals surface area contributed by atoms with Gasteiger partial charge in [0.15, 0.2) is 0 Å². The topological polar surface area (TPSA) is 45.8 Å². The highest BCUT2D eigenvalue weighted by Crippen LogP contribution is 1.69. The minimum atomic E-state index is -0.144. The molecule has 17 heavy (non-hydrogen) atoms. The number of nitrogens with one attached hydrogen (secondary N) is 1. The van der Waals surface area contributed by atoms with Crippen LogP contribution in [0.4, 0.5) is 0 Å². The molecular weight excluding hydrogens is 212 g/mol. The first-order valence-corrected chi connectivity index (χ1v) is 6.05. The van der Waals surface area contributed by atoms with Crippen molar-refractivity contribution in [3.8, 4) is 0 Å². The van der Waals surface area contributed by atoms with Gasteiger partial charge in [-0.25, -0.2) is 4.98 Å². The third-order valence-electron chi connectivity index (χ3n) is 1.71. The van der Waals surface area contributed by atoms with E-state index in [9.17, 15) is 4.79 Å². The molecule has 3 nitrogen and oxygen atoms in total. The Morgan fingerprint density at radius 2 is 1.76 bits per heavy atom. The van der Waals surface area contributed by atoms with E-state index < -0.39 is 0 Å². The second kappa shape index (κ2) is 10.9. The molecule has 0 saturated carbocycles. The third kappa shape index (κ3) is 5.85. The summed E-state index contributed by atoms with van der Waals surface area (Å²) in [6, 6.07) is 0. The summed E-state index contributed by atoms with van der Waals surface area (Å²) < 4.78 is 0. The Hall–Kier alpha value is -1.64. The maximum Gasteiger partial charge on any atom is 0.269 e. The second-order valence-electron chi connectivity index (χ2n) is 2.64. The number of rotatable bonds is 1. The fraction of sp³-hybridized carbons (Fsp3) is 0.429. The van der Waals surface area contributed by atoms with Crippen molar-refractivity contribution in [2.45, 2.75) is 41.5 Å². The van der Waals surface area contributed by atoms with Gasteiger partial charge in [-0.2, -0.15) is 0 Å². The summed E-state index contributed by atoms with van der Waals surface area (Å²) in [5, 5.41) is 1.48. The first-order chi connectivity index (χ1) is 8.19. The molecule has 0 radical (unpaired) electrons. The summed E-state index contributed by atoms with van der Waals surface area (Å²) in [5.74, 6) is 0. The number of allylic oxidation sites excluding steroid dienone is 1. The first-order valence-electron chi connectivity index (χ1n) is 6.05. The molecule has 0 aliphatic carbocycles. The van der Waals surface area contributed by atoms with Gasteiger partial charge in [0.05, 0.1) is 10.7 Å². The molecule has 0 saturated heterocycles. The highest BCUT2D eigenvalue weighted by molar-refractivity contribution is 5.33. The van der Waals surface area contributed by atoms with Crippen LogP contribution in [0.3, 0.4) is 0 Å². The predicted molar refractivity (Wildman–Crippen MR) is 76.3 cm³/mol. The van der Waals surface area contributed by atoms with Crippen LogP contribution in [-0.4, -0.2) is 9.97 Å². The summed E-state index contributed by atoms with van der Waals surface area (Å²) in [6.45, 7) is 15.1. The Balaban J connectivity index is 0. The molecule has 0 aliphatic heterocycles. The molecule has 1 N–H and O–H groups in total. The SMILES string of the molecule is C=C/C=c1/nc(C)c(=O)[nH]/c1=C/C.CC.CC. The number of aryl methyl sites for hydroxylation is 1. The fourth-order valence-electron chi connectivity index (χ4n) is 1.03. The van der Waals surface area contributed by atoms with Crippen LogP contribution in [0.5, 0.6) is 0 Å². The summed E-state index contributed by atoms with van der Waals surface area (Å²) in [6.07, 6.45) is 5.22. The molecule has 1 rings (SSSR count). The third-order valence-corrected chi connectivity index (χ3v) is 1.71. The lowest BCUT2D eigenvalue weighted by Gasteiger charge is -1.91. The summed E-state index contributed by atoms with van der Waals surface area (Å²) in [5.41, 5.74) is 0.327. The Morgan fingerprint density at radius 1 is 1.24 bits per heavy atom. The summed E-state index contributed by atoms with van der Waals surface area (Å²) in [7, 11) is 0. The van der Waals surface area contributed by atoms with E-state index in [0.717, 1.165) is 10.7 Å². The van der Waals surface area contributed by atoms with E-state index in [4.69, 9.17) is 0 Å². The van der Waals surface area contributed by atoms with Gasteiger partial charge in [-0.3, -0.25) is 4.79 Å². The highest BCUT2D eigenvalue weighted by Gasteiger charge is 1.93. The van der Waals surface area contributed by atoms with Gasteiger partial charge in [-0.05, 0) is 19.9 Å². The normalized spacial score (nSPS) is 10.9. The van der Waals surface area contributed by atoms with Crippen molar-refractivity contribution in [3.63, 3.8) is 0 Å². The average molecular weight is 236 g/mol. The van der Waals surface area contributed by atoms with Crippen molar-refractivity contribution < 1.29 is 0 Å². The van der Waals surface area contributed by atoms with Crippen molar-refractivity contribution in [3.05, 3.63) is 39.4 Å². The highest BCUT2D eigenvalue weighted by atomic mass is 16.1. The van der Waals surface area contributed by atoms with Gasteiger partial charge in [-0.1, -0.05) is 46.4 Å². The largest absolute Gasteiger partial charge is 0.319 e. The molecule has 0 atom stereocenters. The van der Waals surface area contributed by atoms with E-state index in [-0.39, 0.29) is 5.56 Å². The number of H-pyrrole nitrogens is 1. The van der Waals surface area contributed by atoms with Crippen LogP contribution in [0.2, 0.25) is 0 Å². The number of nitrogens with zero attached hydrogens (tertiary/aromatic N) is 1. The zero-order chi connectivity index (χ0) is 13.8. The Bertz CT molecular complexity index is 484. The minimum Gasteiger partial charge on any atom is -0.319 e. The maximum atomic E-state index is 11.2. The first kappa shape index (κ1) is 17.7. The van der Waals surface area contributed by atoms with Crippen LogP contribution < -0.4 is 16.3 Å². The van der Waals surface area contributed by atoms with E-state index in [2.05, 4.69) is 16.5 Å². The van der Waals surface area contributed by atoms with E-state index in [1.165, 1.54) is 0 Å². The molecule has 3 heteroatoms. The Kier molecular flexibility index (Phi) is 11.3. The quantitative estimate of drug-likeness (QED) is 0.809. The predicted octanol–water partition coefficient (Wildman–Crippen LogP) is 1.90. The van der Waals surface area contributed by atoms with E-state index in [1.807, 2.05) is 40.7 Å². The lowest BCUT2D eigenvalue weighted by molar-refractivity contribution is 0.992. The number of aromatic nitrogens is 2. The fourth-order valence-corrected chi connectivity index (χ4v) is 1.03. The smallest absolute Gasteiger partial charge is 0.269 e. The van der Waals surface area contributed by atoms with Crippen LogP contribution in [0, 0.1) is 6.92 Å². The molecule has 0 unspecified atom stereocenters. The van der Waals surface area contributed by atoms with Crippen LogP contribution >= 0.6 is 0 Å². The molecule has 0 aromatic carbocycles. The van der Waals surface area contributed by atoms with Gasteiger partial charge < -0.3 is 4.98 Å². The summed E-state index contributed by atoms with van der Waals surface area (Å²) in [4.78, 5) is 18.0. The number of aromatic amines is 1. The van der Waals surface area contributed by atoms with Crippen molar-refractivity contribution >= 4 is 12.2 Å². The van der Waals surface area contributed by atoms with Crippen molar-refractivity contribution in [2.75, 3.05) is 0 Å². The molecular formula is C14H24N2O. The van der Waals surface area contributed by atoms with Gasteiger partial charge in [0, 0.05) is 0 Å². The maximum absolute atomic E-state index is 11.2. The van der Waals surface area contributed by atoms with Crippen LogP contribution in [0.15, 0.2) is 17.4 Å². The Morgan fingerprint density at radius 3 is 2.18 bits per heavy atom.